The van der Waals surface area contributed by atoms with E-state index >= 15 is 0 Å². The number of primary amides is 2. The molecule has 0 bridgehead atoms. The summed E-state index contributed by atoms with van der Waals surface area (Å²) in [4.78, 5) is 143. The highest BCUT2D eigenvalue weighted by atomic mass is 16.2. The minimum absolute atomic E-state index is 0.0119. The van der Waals surface area contributed by atoms with E-state index in [1.165, 1.54) is 6.92 Å². The van der Waals surface area contributed by atoms with Crippen molar-refractivity contribution in [3.8, 4) is 0 Å². The van der Waals surface area contributed by atoms with Gasteiger partial charge in [-0.25, -0.2) is 4.79 Å². The number of para-hydroxylation sites is 1. The average molecular weight is 1030 g/mol. The lowest BCUT2D eigenvalue weighted by atomic mass is 10.0. The molecule has 74 heavy (non-hydrogen) atoms. The number of guanidine groups is 1. The van der Waals surface area contributed by atoms with Gasteiger partial charge in [0, 0.05) is 62.9 Å². The Bertz CT molecular complexity index is 2460. The Morgan fingerprint density at radius 1 is 0.743 bits per heavy atom. The molecular weight excluding hydrogens is 959 g/mol. The summed E-state index contributed by atoms with van der Waals surface area (Å²) in [7, 11) is 0. The van der Waals surface area contributed by atoms with Crippen LogP contribution < -0.4 is 70.8 Å². The van der Waals surface area contributed by atoms with Crippen LogP contribution in [0.2, 0.25) is 0 Å². The zero-order valence-corrected chi connectivity index (χ0v) is 41.8. The molecule has 0 spiro atoms. The molecule has 0 saturated carbocycles. The number of amides is 11. The van der Waals surface area contributed by atoms with Gasteiger partial charge in [-0.05, 0) is 62.1 Å². The maximum Gasteiger partial charge on any atom is 0.312 e. The Morgan fingerprint density at radius 2 is 1.39 bits per heavy atom. The van der Waals surface area contributed by atoms with Crippen molar-refractivity contribution >= 4 is 76.1 Å². The maximum atomic E-state index is 14.5. The highest BCUT2D eigenvalue weighted by molar-refractivity contribution is 5.98. The lowest BCUT2D eigenvalue weighted by Gasteiger charge is -2.28. The molecule has 1 saturated heterocycles. The zero-order valence-electron chi connectivity index (χ0n) is 41.8. The number of nitrogens with zero attached hydrogens (tertiary/aromatic N) is 1. The van der Waals surface area contributed by atoms with E-state index in [9.17, 15) is 47.9 Å². The van der Waals surface area contributed by atoms with Gasteiger partial charge >= 0.3 is 6.03 Å². The lowest BCUT2D eigenvalue weighted by molar-refractivity contribution is -0.136. The second kappa shape index (κ2) is 29.9. The third-order valence-corrected chi connectivity index (χ3v) is 12.1. The summed E-state index contributed by atoms with van der Waals surface area (Å²) in [5.41, 5.74) is 24.2. The van der Waals surface area contributed by atoms with Crippen LogP contribution in [0.25, 0.3) is 10.9 Å². The van der Waals surface area contributed by atoms with Crippen molar-refractivity contribution in [2.45, 2.75) is 133 Å². The fraction of sp³-hybridized carbons (Fsp3) is 0.490. The SMILES string of the molecule is CCCCC(NC(C)=O)C(=O)NC1CCC(=O)NCCC(C(=O)NC(Cc2c[nH]c3ccccc23)C(N)=O)NC(=O)C(CCCN=C(N)N)NC(=O)C(Cc2ccccc2)NC(=O)C(CCCNC(N)=O)NC1=O. The summed E-state index contributed by atoms with van der Waals surface area (Å²) < 4.78 is 0. The summed E-state index contributed by atoms with van der Waals surface area (Å²) in [6.45, 7) is 2.91. The number of unbranched alkanes of at least 4 members (excludes halogenated alkanes) is 1. The van der Waals surface area contributed by atoms with Gasteiger partial charge in [0.25, 0.3) is 0 Å². The zero-order chi connectivity index (χ0) is 54.2. The first kappa shape index (κ1) is 58.3. The first-order valence-corrected chi connectivity index (χ1v) is 24.7. The molecule has 7 unspecified atom stereocenters. The maximum absolute atomic E-state index is 14.5. The molecule has 0 radical (unpaired) electrons. The molecule has 3 aromatic rings. The summed E-state index contributed by atoms with van der Waals surface area (Å²) in [6, 6.07) is 5.62. The van der Waals surface area contributed by atoms with Crippen LogP contribution in [0.5, 0.6) is 0 Å². The number of H-pyrrole nitrogens is 1. The molecule has 0 aliphatic carbocycles. The number of nitrogens with one attached hydrogen (secondary N) is 10. The van der Waals surface area contributed by atoms with Crippen LogP contribution in [0.1, 0.15) is 89.2 Å². The number of benzene rings is 2. The first-order chi connectivity index (χ1) is 35.3. The van der Waals surface area contributed by atoms with E-state index in [0.717, 1.165) is 10.9 Å². The third-order valence-electron chi connectivity index (χ3n) is 12.1. The predicted octanol–water partition coefficient (Wildman–Crippen LogP) is -2.16. The second-order valence-corrected chi connectivity index (χ2v) is 18.0. The Labute approximate surface area is 428 Å². The van der Waals surface area contributed by atoms with Crippen LogP contribution in [0.3, 0.4) is 0 Å². The summed E-state index contributed by atoms with van der Waals surface area (Å²) >= 11 is 0. The molecule has 2 aromatic carbocycles. The molecule has 1 fully saturated rings. The monoisotopic (exact) mass is 1030 g/mol. The number of aliphatic imine (C=N–C) groups is 1. The highest BCUT2D eigenvalue weighted by Gasteiger charge is 2.35. The van der Waals surface area contributed by atoms with Crippen LogP contribution in [0.4, 0.5) is 4.79 Å². The Morgan fingerprint density at radius 3 is 2.07 bits per heavy atom. The Kier molecular flexibility index (Phi) is 23.6. The van der Waals surface area contributed by atoms with Crippen molar-refractivity contribution in [2.75, 3.05) is 19.6 Å². The van der Waals surface area contributed by atoms with Gasteiger partial charge in [0.15, 0.2) is 5.96 Å². The minimum atomic E-state index is -1.46. The topological polar surface area (TPSA) is 411 Å². The molecular formula is C49H71N15O10. The summed E-state index contributed by atoms with van der Waals surface area (Å²) in [5.74, 6) is -7.27. The molecule has 402 valence electrons. The van der Waals surface area contributed by atoms with Crippen molar-refractivity contribution in [1.29, 1.82) is 0 Å². The van der Waals surface area contributed by atoms with Crippen molar-refractivity contribution in [2.24, 2.45) is 27.9 Å². The number of nitrogens with two attached hydrogens (primary N) is 4. The largest absolute Gasteiger partial charge is 0.370 e. The molecule has 1 aliphatic rings. The standard InChI is InChI=1S/C49H71N15O10/c1-3-4-15-33(58-28(2)65)42(68)61-36-19-20-40(66)54-24-21-37(46(72)63-38(41(50)67)26-30-27-57-32-16-9-8-14-31(30)32)62-43(69)34(17-10-22-55-48(51)52)60-47(73)39(25-29-12-6-5-7-13-29)64-44(70)35(59-45(36)71)18-11-23-56-49(53)74/h5-9,12-14,16,27,33-39,57H,3-4,10-11,15,17-26H2,1-2H3,(H2,50,67)(H,54,66)(H,58,65)(H,59,71)(H,60,73)(H,61,68)(H,62,69)(H,63,72)(H,64,70)(H4,51,52,55)(H3,53,56,74). The van der Waals surface area contributed by atoms with Gasteiger partial charge in [0.1, 0.15) is 42.3 Å². The van der Waals surface area contributed by atoms with Crippen LogP contribution in [-0.4, -0.2) is 132 Å². The van der Waals surface area contributed by atoms with Crippen molar-refractivity contribution in [3.05, 3.63) is 71.9 Å². The lowest BCUT2D eigenvalue weighted by Crippen LogP contribution is -2.60. The van der Waals surface area contributed by atoms with E-state index < -0.39 is 101 Å². The fourth-order valence-electron chi connectivity index (χ4n) is 8.17. The van der Waals surface area contributed by atoms with E-state index in [4.69, 9.17) is 22.9 Å². The number of hydrogen-bond acceptors (Lipinski definition) is 11. The van der Waals surface area contributed by atoms with E-state index in [1.54, 1.807) is 36.5 Å². The molecule has 1 aliphatic heterocycles. The van der Waals surface area contributed by atoms with Crippen LogP contribution in [0, 0.1) is 0 Å². The van der Waals surface area contributed by atoms with Gasteiger partial charge in [-0.15, -0.1) is 0 Å². The van der Waals surface area contributed by atoms with E-state index in [-0.39, 0.29) is 89.8 Å². The van der Waals surface area contributed by atoms with Crippen molar-refractivity contribution in [3.63, 3.8) is 0 Å². The van der Waals surface area contributed by atoms with E-state index in [1.807, 2.05) is 31.2 Å². The molecule has 2 heterocycles. The quantitative estimate of drug-likeness (QED) is 0.0309. The molecule has 25 nitrogen and oxygen atoms in total. The van der Waals surface area contributed by atoms with Crippen LogP contribution in [-0.2, 0) is 56.0 Å². The molecule has 7 atom stereocenters. The molecule has 25 heteroatoms. The number of urea groups is 1. The second-order valence-electron chi connectivity index (χ2n) is 18.0. The molecule has 1 aromatic heterocycles. The summed E-state index contributed by atoms with van der Waals surface area (Å²) in [5, 5.41) is 24.5. The van der Waals surface area contributed by atoms with Gasteiger partial charge in [0.2, 0.25) is 53.2 Å². The predicted molar refractivity (Wildman–Crippen MR) is 274 cm³/mol. The van der Waals surface area contributed by atoms with Crippen molar-refractivity contribution < 1.29 is 47.9 Å². The number of rotatable bonds is 21. The van der Waals surface area contributed by atoms with Gasteiger partial charge in [-0.3, -0.25) is 48.1 Å². The summed E-state index contributed by atoms with van der Waals surface area (Å²) in [6.07, 6.45) is 2.05. The van der Waals surface area contributed by atoms with Crippen LogP contribution >= 0.6 is 0 Å². The van der Waals surface area contributed by atoms with Crippen molar-refractivity contribution in [1.82, 2.24) is 52.8 Å². The van der Waals surface area contributed by atoms with E-state index in [0.29, 0.717) is 24.0 Å². The van der Waals surface area contributed by atoms with Gasteiger partial charge in [0.05, 0.1) is 0 Å². The number of fused-ring (bicyclic) bond motifs is 1. The third kappa shape index (κ3) is 19.7. The number of aromatic nitrogens is 1. The Balaban J connectivity index is 1.76. The molecule has 11 amide bonds. The highest BCUT2D eigenvalue weighted by Crippen LogP contribution is 2.19. The number of aromatic amines is 1. The minimum Gasteiger partial charge on any atom is -0.370 e. The van der Waals surface area contributed by atoms with Crippen LogP contribution in [0.15, 0.2) is 65.8 Å². The fourth-order valence-corrected chi connectivity index (χ4v) is 8.17. The number of hydrogen-bond donors (Lipinski definition) is 14. The number of carbonyl (C=O) groups excluding carboxylic acids is 10. The average Bonchev–Trinajstić information content (AvgIpc) is 3.76. The molecule has 4 rings (SSSR count). The van der Waals surface area contributed by atoms with Gasteiger partial charge in [-0.1, -0.05) is 68.3 Å². The normalized spacial score (nSPS) is 20.0. The van der Waals surface area contributed by atoms with E-state index in [2.05, 4.69) is 57.8 Å². The van der Waals surface area contributed by atoms with Gasteiger partial charge < -0.3 is 75.8 Å². The van der Waals surface area contributed by atoms with Gasteiger partial charge in [-0.2, -0.15) is 0 Å². The smallest absolute Gasteiger partial charge is 0.312 e. The number of carbonyl (C=O) groups is 10. The Hall–Kier alpha value is -8.25. The first-order valence-electron chi connectivity index (χ1n) is 24.7. The molecule has 18 N–H and O–H groups in total.